The number of rotatable bonds is 1. The highest BCUT2D eigenvalue weighted by Crippen LogP contribution is 2.13. The molecule has 0 radical (unpaired) electrons. The van der Waals surface area contributed by atoms with Gasteiger partial charge in [0.25, 0.3) is 0 Å². The Balaban J connectivity index is 2.30. The van der Waals surface area contributed by atoms with Gasteiger partial charge in [-0.05, 0) is 19.4 Å². The van der Waals surface area contributed by atoms with Crippen LogP contribution in [0.5, 0.6) is 0 Å². The first-order valence-electron chi connectivity index (χ1n) is 3.02. The van der Waals surface area contributed by atoms with Crippen LogP contribution in [0.25, 0.3) is 0 Å². The molecule has 0 amide bonds. The van der Waals surface area contributed by atoms with Crippen LogP contribution in [-0.4, -0.2) is 29.2 Å². The van der Waals surface area contributed by atoms with Crippen LogP contribution in [0.1, 0.15) is 12.8 Å². The van der Waals surface area contributed by atoms with Crippen LogP contribution in [0.3, 0.4) is 0 Å². The van der Waals surface area contributed by atoms with Gasteiger partial charge in [0.15, 0.2) is 0 Å². The monoisotopic (exact) mass is 114 g/mol. The lowest BCUT2D eigenvalue weighted by Gasteiger charge is -2.24. The maximum absolute atomic E-state index is 8.65. The summed E-state index contributed by atoms with van der Waals surface area (Å²) in [7, 11) is 3.76. The first kappa shape index (κ1) is 6.05. The molecule has 0 aromatic heterocycles. The second-order valence-corrected chi connectivity index (χ2v) is 2.29. The average Bonchev–Trinajstić information content (AvgIpc) is 2.14. The molecule has 0 bridgehead atoms. The molecule has 1 rings (SSSR count). The molecule has 1 saturated heterocycles. The third-order valence-corrected chi connectivity index (χ3v) is 1.71. The SMILES string of the molecule is [CH2-]N1CCCC1CO. The van der Waals surface area contributed by atoms with Gasteiger partial charge in [-0.2, -0.15) is 0 Å². The molecule has 8 heavy (non-hydrogen) atoms. The molecule has 1 aliphatic heterocycles. The minimum atomic E-state index is 0.267. The van der Waals surface area contributed by atoms with E-state index in [1.807, 2.05) is 4.90 Å². The predicted octanol–water partition coefficient (Wildman–Crippen LogP) is 0.235. The molecule has 1 N–H and O–H groups in total. The van der Waals surface area contributed by atoms with Gasteiger partial charge >= 0.3 is 0 Å². The summed E-state index contributed by atoms with van der Waals surface area (Å²) in [4.78, 5) is 1.96. The summed E-state index contributed by atoms with van der Waals surface area (Å²) in [6, 6.07) is 0.343. The molecule has 1 atom stereocenters. The Morgan fingerprint density at radius 2 is 2.50 bits per heavy atom. The largest absolute Gasteiger partial charge is 0.455 e. The van der Waals surface area contributed by atoms with E-state index in [1.165, 1.54) is 6.42 Å². The van der Waals surface area contributed by atoms with Gasteiger partial charge in [0.1, 0.15) is 0 Å². The molecule has 0 aromatic carbocycles. The Morgan fingerprint density at radius 3 is 2.75 bits per heavy atom. The van der Waals surface area contributed by atoms with Crippen LogP contribution in [0.2, 0.25) is 0 Å². The number of aliphatic hydroxyl groups is 1. The van der Waals surface area contributed by atoms with E-state index in [2.05, 4.69) is 7.05 Å². The van der Waals surface area contributed by atoms with Gasteiger partial charge in [0.05, 0.1) is 6.61 Å². The van der Waals surface area contributed by atoms with E-state index in [9.17, 15) is 0 Å². The third kappa shape index (κ3) is 1.01. The maximum atomic E-state index is 8.65. The molecule has 0 aromatic rings. The lowest BCUT2D eigenvalue weighted by atomic mass is 10.2. The highest BCUT2D eigenvalue weighted by Gasteiger charge is 2.13. The van der Waals surface area contributed by atoms with Gasteiger partial charge in [-0.15, -0.1) is 0 Å². The van der Waals surface area contributed by atoms with Crippen molar-refractivity contribution in [1.82, 2.24) is 4.90 Å². The fourth-order valence-corrected chi connectivity index (χ4v) is 1.10. The fraction of sp³-hybridized carbons (Fsp3) is 0.833. The summed E-state index contributed by atoms with van der Waals surface area (Å²) in [5.41, 5.74) is 0. The van der Waals surface area contributed by atoms with E-state index in [4.69, 9.17) is 5.11 Å². The fourth-order valence-electron chi connectivity index (χ4n) is 1.10. The van der Waals surface area contributed by atoms with Gasteiger partial charge in [-0.3, -0.25) is 7.05 Å². The summed E-state index contributed by atoms with van der Waals surface area (Å²) >= 11 is 0. The standard InChI is InChI=1S/C6H12NO/c1-7-4-2-3-6(7)5-8/h6,8H,1-5H2/q-1. The Labute approximate surface area is 50.1 Å². The van der Waals surface area contributed by atoms with Crippen LogP contribution in [0, 0.1) is 7.05 Å². The van der Waals surface area contributed by atoms with Crippen LogP contribution < -0.4 is 0 Å². The number of aliphatic hydroxyl groups excluding tert-OH is 1. The molecule has 2 nitrogen and oxygen atoms in total. The summed E-state index contributed by atoms with van der Waals surface area (Å²) in [5, 5.41) is 8.65. The van der Waals surface area contributed by atoms with Crippen molar-refractivity contribution in [3.05, 3.63) is 7.05 Å². The Bertz CT molecular complexity index is 74.9. The van der Waals surface area contributed by atoms with Gasteiger partial charge in [0, 0.05) is 6.04 Å². The normalized spacial score (nSPS) is 31.5. The van der Waals surface area contributed by atoms with Crippen molar-refractivity contribution in [2.45, 2.75) is 18.9 Å². The average molecular weight is 114 g/mol. The number of hydrogen-bond acceptors (Lipinski definition) is 2. The van der Waals surface area contributed by atoms with E-state index >= 15 is 0 Å². The van der Waals surface area contributed by atoms with Crippen molar-refractivity contribution in [3.63, 3.8) is 0 Å². The quantitative estimate of drug-likeness (QED) is 0.493. The van der Waals surface area contributed by atoms with Crippen molar-refractivity contribution in [2.75, 3.05) is 13.2 Å². The smallest absolute Gasteiger partial charge is 0.0563 e. The summed E-state index contributed by atoms with van der Waals surface area (Å²) in [6.45, 7) is 1.31. The van der Waals surface area contributed by atoms with Crippen LogP contribution >= 0.6 is 0 Å². The van der Waals surface area contributed by atoms with E-state index in [0.717, 1.165) is 13.0 Å². The van der Waals surface area contributed by atoms with Crippen molar-refractivity contribution in [1.29, 1.82) is 0 Å². The first-order chi connectivity index (χ1) is 3.84. The number of hydrogen-bond donors (Lipinski definition) is 1. The Morgan fingerprint density at radius 1 is 1.75 bits per heavy atom. The Kier molecular flexibility index (Phi) is 1.86. The molecule has 0 aliphatic carbocycles. The van der Waals surface area contributed by atoms with Gasteiger partial charge in [-0.25, -0.2) is 0 Å². The topological polar surface area (TPSA) is 23.5 Å². The van der Waals surface area contributed by atoms with E-state index in [1.54, 1.807) is 0 Å². The van der Waals surface area contributed by atoms with Crippen molar-refractivity contribution >= 4 is 0 Å². The third-order valence-electron chi connectivity index (χ3n) is 1.71. The molecule has 1 fully saturated rings. The lowest BCUT2D eigenvalue weighted by Crippen LogP contribution is -2.25. The van der Waals surface area contributed by atoms with Gasteiger partial charge < -0.3 is 10.0 Å². The van der Waals surface area contributed by atoms with Crippen molar-refractivity contribution < 1.29 is 5.11 Å². The highest BCUT2D eigenvalue weighted by atomic mass is 16.3. The molecule has 2 heteroatoms. The zero-order valence-corrected chi connectivity index (χ0v) is 5.01. The van der Waals surface area contributed by atoms with Gasteiger partial charge in [0.2, 0.25) is 0 Å². The Hall–Kier alpha value is -0.0800. The number of nitrogens with zero attached hydrogens (tertiary/aromatic N) is 1. The predicted molar refractivity (Wildman–Crippen MR) is 32.2 cm³/mol. The van der Waals surface area contributed by atoms with Crippen LogP contribution in [0.4, 0.5) is 0 Å². The van der Waals surface area contributed by atoms with E-state index in [-0.39, 0.29) is 6.61 Å². The zero-order valence-electron chi connectivity index (χ0n) is 5.01. The minimum absolute atomic E-state index is 0.267. The van der Waals surface area contributed by atoms with Crippen molar-refractivity contribution in [2.24, 2.45) is 0 Å². The first-order valence-corrected chi connectivity index (χ1v) is 3.02. The second-order valence-electron chi connectivity index (χ2n) is 2.29. The van der Waals surface area contributed by atoms with Crippen LogP contribution in [-0.2, 0) is 0 Å². The molecule has 0 saturated carbocycles. The molecule has 1 heterocycles. The summed E-state index contributed by atoms with van der Waals surface area (Å²) < 4.78 is 0. The molecular weight excluding hydrogens is 102 g/mol. The molecule has 1 aliphatic rings. The van der Waals surface area contributed by atoms with Gasteiger partial charge in [-0.1, -0.05) is 0 Å². The highest BCUT2D eigenvalue weighted by molar-refractivity contribution is 4.76. The van der Waals surface area contributed by atoms with E-state index < -0.39 is 0 Å². The summed E-state index contributed by atoms with van der Waals surface area (Å²) in [5.74, 6) is 0. The van der Waals surface area contributed by atoms with E-state index in [0.29, 0.717) is 6.04 Å². The number of likely N-dealkylation sites (tertiary alicyclic amines) is 1. The zero-order chi connectivity index (χ0) is 5.98. The maximum Gasteiger partial charge on any atom is 0.0563 e. The minimum Gasteiger partial charge on any atom is -0.455 e. The molecule has 48 valence electrons. The van der Waals surface area contributed by atoms with Crippen LogP contribution in [0.15, 0.2) is 0 Å². The molecule has 1 unspecified atom stereocenters. The van der Waals surface area contributed by atoms with Crippen molar-refractivity contribution in [3.8, 4) is 0 Å². The molecular formula is C6H12NO-. The lowest BCUT2D eigenvalue weighted by molar-refractivity contribution is 0.194. The summed E-state index contributed by atoms with van der Waals surface area (Å²) in [6.07, 6.45) is 2.30. The second kappa shape index (κ2) is 2.46. The molecule has 0 spiro atoms.